The van der Waals surface area contributed by atoms with Gasteiger partial charge in [-0.25, -0.2) is 4.79 Å². The van der Waals surface area contributed by atoms with Gasteiger partial charge in [-0.1, -0.05) is 40.3 Å². The van der Waals surface area contributed by atoms with Crippen molar-refractivity contribution >= 4 is 44.8 Å². The van der Waals surface area contributed by atoms with Gasteiger partial charge < -0.3 is 10.1 Å². The zero-order valence-corrected chi connectivity index (χ0v) is 15.6. The number of ether oxygens (including phenoxy) is 1. The minimum Gasteiger partial charge on any atom is -0.444 e. The molecule has 0 saturated carbocycles. The monoisotopic (exact) mass is 402 g/mol. The summed E-state index contributed by atoms with van der Waals surface area (Å²) in [5, 5.41) is 13.9. The van der Waals surface area contributed by atoms with E-state index in [2.05, 4.69) is 21.2 Å². The number of non-ortho nitro benzene ring substituents is 1. The van der Waals surface area contributed by atoms with Crippen LogP contribution in [0.2, 0.25) is 0 Å². The van der Waals surface area contributed by atoms with E-state index in [-0.39, 0.29) is 5.69 Å². The van der Waals surface area contributed by atoms with Crippen molar-refractivity contribution in [1.29, 1.82) is 0 Å². The number of nitrogens with zero attached hydrogens (tertiary/aromatic N) is 1. The van der Waals surface area contributed by atoms with Crippen LogP contribution in [0.3, 0.4) is 0 Å². The molecule has 1 aromatic rings. The third kappa shape index (κ3) is 7.04. The maximum absolute atomic E-state index is 11.9. The van der Waals surface area contributed by atoms with Crippen LogP contribution in [0, 0.1) is 10.1 Å². The Labute approximate surface area is 148 Å². The number of thiocarbonyl (C=S) groups is 1. The lowest BCUT2D eigenvalue weighted by Gasteiger charge is -2.24. The largest absolute Gasteiger partial charge is 0.444 e. The van der Waals surface area contributed by atoms with E-state index in [1.807, 2.05) is 0 Å². The van der Waals surface area contributed by atoms with Crippen LogP contribution in [0.4, 0.5) is 10.5 Å². The van der Waals surface area contributed by atoms with E-state index < -0.39 is 22.7 Å². The lowest BCUT2D eigenvalue weighted by atomic mass is 10.0. The Hall–Kier alpha value is -1.54. The van der Waals surface area contributed by atoms with E-state index in [1.165, 1.54) is 12.1 Å². The van der Waals surface area contributed by atoms with E-state index in [0.717, 1.165) is 5.56 Å². The molecule has 0 unspecified atom stereocenters. The summed E-state index contributed by atoms with van der Waals surface area (Å²) in [7, 11) is 0. The zero-order chi connectivity index (χ0) is 17.6. The van der Waals surface area contributed by atoms with Crippen LogP contribution in [0.25, 0.3) is 0 Å². The molecule has 0 aliphatic heterocycles. The lowest BCUT2D eigenvalue weighted by molar-refractivity contribution is -0.384. The molecule has 0 aromatic heterocycles. The van der Waals surface area contributed by atoms with Crippen LogP contribution in [-0.2, 0) is 11.2 Å². The highest BCUT2D eigenvalue weighted by Gasteiger charge is 2.22. The van der Waals surface area contributed by atoms with Gasteiger partial charge in [-0.2, -0.15) is 0 Å². The van der Waals surface area contributed by atoms with Crippen molar-refractivity contribution in [1.82, 2.24) is 5.32 Å². The minimum absolute atomic E-state index is 0.0217. The average molecular weight is 403 g/mol. The average Bonchev–Trinajstić information content (AvgIpc) is 2.44. The quantitative estimate of drug-likeness (QED) is 0.338. The molecule has 126 valence electrons. The van der Waals surface area contributed by atoms with Crippen molar-refractivity contribution < 1.29 is 14.5 Å². The first-order valence-electron chi connectivity index (χ1n) is 6.94. The number of amides is 1. The summed E-state index contributed by atoms with van der Waals surface area (Å²) in [6.07, 6.45) is -0.116. The van der Waals surface area contributed by atoms with Crippen molar-refractivity contribution in [3.63, 3.8) is 0 Å². The summed E-state index contributed by atoms with van der Waals surface area (Å²) in [4.78, 5) is 22.8. The lowest BCUT2D eigenvalue weighted by Crippen LogP contribution is -2.44. The van der Waals surface area contributed by atoms with Gasteiger partial charge in [0.1, 0.15) is 5.60 Å². The normalized spacial score (nSPS) is 12.3. The molecule has 1 aromatic carbocycles. The first-order valence-corrected chi connectivity index (χ1v) is 8.47. The molecule has 0 aliphatic carbocycles. The van der Waals surface area contributed by atoms with Crippen molar-refractivity contribution in [3.05, 3.63) is 39.9 Å². The van der Waals surface area contributed by atoms with E-state index in [4.69, 9.17) is 17.0 Å². The molecule has 1 amide bonds. The number of alkyl halides is 1. The second kappa shape index (κ2) is 8.35. The predicted molar refractivity (Wildman–Crippen MR) is 96.4 cm³/mol. The number of carbonyl (C=O) groups excluding carboxylic acids is 1. The van der Waals surface area contributed by atoms with Crippen molar-refractivity contribution in [3.8, 4) is 0 Å². The van der Waals surface area contributed by atoms with Crippen molar-refractivity contribution in [2.24, 2.45) is 0 Å². The third-order valence-corrected chi connectivity index (χ3v) is 4.20. The number of alkyl carbamates (subject to hydrolysis) is 1. The maximum Gasteiger partial charge on any atom is 0.408 e. The maximum atomic E-state index is 11.9. The highest BCUT2D eigenvalue weighted by molar-refractivity contribution is 9.09. The minimum atomic E-state index is -0.599. The summed E-state index contributed by atoms with van der Waals surface area (Å²) in [5.41, 5.74) is 0.256. The van der Waals surface area contributed by atoms with Gasteiger partial charge in [-0.15, -0.1) is 0 Å². The molecule has 0 aliphatic rings. The molecular weight excluding hydrogens is 384 g/mol. The summed E-state index contributed by atoms with van der Waals surface area (Å²) >= 11 is 8.57. The van der Waals surface area contributed by atoms with Gasteiger partial charge in [-0.05, 0) is 32.8 Å². The number of nitrogens with one attached hydrogen (secondary N) is 1. The molecule has 8 heteroatoms. The smallest absolute Gasteiger partial charge is 0.408 e. The Morgan fingerprint density at radius 2 is 1.96 bits per heavy atom. The Kier molecular flexibility index (Phi) is 7.08. The van der Waals surface area contributed by atoms with Crippen LogP contribution in [0.15, 0.2) is 24.3 Å². The molecule has 0 saturated heterocycles. The fraction of sp³-hybridized carbons (Fsp3) is 0.467. The number of hydrogen-bond donors (Lipinski definition) is 1. The number of hydrogen-bond acceptors (Lipinski definition) is 5. The van der Waals surface area contributed by atoms with E-state index in [1.54, 1.807) is 32.9 Å². The Balaban J connectivity index is 2.80. The number of nitro groups is 1. The van der Waals surface area contributed by atoms with Crippen LogP contribution in [0.1, 0.15) is 26.3 Å². The summed E-state index contributed by atoms with van der Waals surface area (Å²) in [6.45, 7) is 5.34. The van der Waals surface area contributed by atoms with Gasteiger partial charge in [-0.3, -0.25) is 10.1 Å². The Morgan fingerprint density at radius 1 is 1.39 bits per heavy atom. The van der Waals surface area contributed by atoms with Gasteiger partial charge in [0.15, 0.2) is 0 Å². The second-order valence-corrected chi connectivity index (χ2v) is 7.01. The highest BCUT2D eigenvalue weighted by Crippen LogP contribution is 2.15. The molecule has 0 bridgehead atoms. The molecular formula is C15H19BrN2O4S. The molecule has 23 heavy (non-hydrogen) atoms. The molecule has 0 heterocycles. The first kappa shape index (κ1) is 19.5. The number of rotatable bonds is 6. The molecule has 1 N–H and O–H groups in total. The number of carbonyl (C=O) groups is 1. The molecule has 0 fully saturated rings. The highest BCUT2D eigenvalue weighted by atomic mass is 79.9. The van der Waals surface area contributed by atoms with Crippen LogP contribution in [0.5, 0.6) is 0 Å². The fourth-order valence-corrected chi connectivity index (χ4v) is 2.31. The van der Waals surface area contributed by atoms with Gasteiger partial charge in [0.05, 0.1) is 11.0 Å². The van der Waals surface area contributed by atoms with Crippen molar-refractivity contribution in [2.45, 2.75) is 38.8 Å². The van der Waals surface area contributed by atoms with Crippen LogP contribution >= 0.6 is 28.1 Å². The molecule has 0 spiro atoms. The number of nitro benzene ring substituents is 1. The van der Waals surface area contributed by atoms with Gasteiger partial charge in [0.25, 0.3) is 5.69 Å². The van der Waals surface area contributed by atoms with Crippen molar-refractivity contribution in [2.75, 3.05) is 5.33 Å². The summed E-state index contributed by atoms with van der Waals surface area (Å²) in [5.74, 6) is 0. The molecule has 1 atom stereocenters. The summed E-state index contributed by atoms with van der Waals surface area (Å²) in [6, 6.07) is 5.76. The van der Waals surface area contributed by atoms with Gasteiger partial charge in [0, 0.05) is 22.3 Å². The Bertz CT molecular complexity index is 584. The van der Waals surface area contributed by atoms with Crippen LogP contribution in [-0.4, -0.2) is 32.9 Å². The standard InChI is InChI=1S/C15H19BrN2O4S/c1-15(2,3)22-14(19)17-12(13(23)9-16)8-10-4-6-11(7-5-10)18(20)21/h4-7,12H,8-9H2,1-3H3,(H,17,19)/t12-/m0/s1. The van der Waals surface area contributed by atoms with E-state index in [0.29, 0.717) is 16.6 Å². The van der Waals surface area contributed by atoms with Gasteiger partial charge in [0.2, 0.25) is 0 Å². The van der Waals surface area contributed by atoms with Crippen LogP contribution < -0.4 is 5.32 Å². The Morgan fingerprint density at radius 3 is 2.39 bits per heavy atom. The third-order valence-electron chi connectivity index (χ3n) is 2.80. The molecule has 1 rings (SSSR count). The van der Waals surface area contributed by atoms with E-state index in [9.17, 15) is 14.9 Å². The molecule has 6 nitrogen and oxygen atoms in total. The fourth-order valence-electron chi connectivity index (χ4n) is 1.78. The molecule has 0 radical (unpaired) electrons. The van der Waals surface area contributed by atoms with Gasteiger partial charge >= 0.3 is 6.09 Å². The zero-order valence-electron chi connectivity index (χ0n) is 13.2. The number of halogens is 1. The number of benzene rings is 1. The predicted octanol–water partition coefficient (Wildman–Crippen LogP) is 3.80. The SMILES string of the molecule is CC(C)(C)OC(=O)N[C@@H](Cc1ccc([N+](=O)[O-])cc1)C(=S)CBr. The summed E-state index contributed by atoms with van der Waals surface area (Å²) < 4.78 is 5.24. The first-order chi connectivity index (χ1) is 10.6. The second-order valence-electron chi connectivity index (χ2n) is 5.93. The topological polar surface area (TPSA) is 81.5 Å². The van der Waals surface area contributed by atoms with E-state index >= 15 is 0 Å².